The summed E-state index contributed by atoms with van der Waals surface area (Å²) in [5, 5.41) is 2.80. The zero-order valence-electron chi connectivity index (χ0n) is 10.2. The van der Waals surface area contributed by atoms with E-state index in [9.17, 15) is 0 Å². The third-order valence-electron chi connectivity index (χ3n) is 2.11. The molecule has 0 aromatic carbocycles. The normalized spacial score (nSPS) is 13.4. The maximum absolute atomic E-state index is 6.48. The monoisotopic (exact) mass is 310 g/mol. The Balaban J connectivity index is 4.22. The van der Waals surface area contributed by atoms with Crippen LogP contribution in [-0.4, -0.2) is 27.2 Å². The zero-order valence-corrected chi connectivity index (χ0v) is 14.4. The van der Waals surface area contributed by atoms with Crippen molar-refractivity contribution in [1.29, 1.82) is 0 Å². The summed E-state index contributed by atoms with van der Waals surface area (Å²) in [4.78, 5) is 0. The summed E-state index contributed by atoms with van der Waals surface area (Å²) < 4.78 is 6.48. The van der Waals surface area contributed by atoms with E-state index in [1.807, 2.05) is 0 Å². The van der Waals surface area contributed by atoms with Crippen molar-refractivity contribution >= 4 is 27.2 Å². The van der Waals surface area contributed by atoms with Crippen LogP contribution < -0.4 is 0 Å². The second-order valence-electron chi connectivity index (χ2n) is 5.16. The van der Waals surface area contributed by atoms with Crippen molar-refractivity contribution in [2.75, 3.05) is 0 Å². The second kappa shape index (κ2) is 5.81. The molecule has 0 amide bonds. The molecule has 0 spiro atoms. The number of hydrogen-bond donors (Lipinski definition) is 0. The van der Waals surface area contributed by atoms with E-state index >= 15 is 0 Å². The van der Waals surface area contributed by atoms with Gasteiger partial charge in [0.05, 0.1) is 0 Å². The van der Waals surface area contributed by atoms with Gasteiger partial charge in [0.1, 0.15) is 0 Å². The first-order valence-corrected chi connectivity index (χ1v) is 18.6. The fourth-order valence-electron chi connectivity index (χ4n) is 2.02. The molecular formula is C10H26Ge2O. The van der Waals surface area contributed by atoms with Gasteiger partial charge in [0.2, 0.25) is 0 Å². The minimum atomic E-state index is -1.82. The molecular weight excluding hydrogens is 281 g/mol. The van der Waals surface area contributed by atoms with E-state index in [4.69, 9.17) is 2.79 Å². The Hall–Kier alpha value is 1.05. The van der Waals surface area contributed by atoms with E-state index in [1.54, 1.807) is 0 Å². The standard InChI is InChI=1S/C10H26Ge2O/c1-7-9-12(6,10-8-2)13-11(3,4)5/h7-10H2,1-6H3. The Bertz CT molecular complexity index is 134. The maximum atomic E-state index is 6.48. The predicted molar refractivity (Wildman–Crippen MR) is 66.2 cm³/mol. The van der Waals surface area contributed by atoms with Gasteiger partial charge in [-0.05, 0) is 0 Å². The van der Waals surface area contributed by atoms with Crippen LogP contribution in [0.15, 0.2) is 0 Å². The molecule has 0 aliphatic carbocycles. The Labute approximate surface area is 90.0 Å². The van der Waals surface area contributed by atoms with Gasteiger partial charge in [-0.15, -0.1) is 0 Å². The quantitative estimate of drug-likeness (QED) is 0.667. The Morgan fingerprint density at radius 1 is 0.846 bits per heavy atom. The molecule has 0 radical (unpaired) electrons. The first kappa shape index (κ1) is 14.0. The summed E-state index contributed by atoms with van der Waals surface area (Å²) in [6.45, 7) is 4.58. The van der Waals surface area contributed by atoms with Crippen molar-refractivity contribution < 1.29 is 2.79 Å². The second-order valence-corrected chi connectivity index (χ2v) is 24.9. The van der Waals surface area contributed by atoms with E-state index in [2.05, 4.69) is 36.9 Å². The first-order valence-electron chi connectivity index (χ1n) is 5.53. The Morgan fingerprint density at radius 2 is 1.23 bits per heavy atom. The molecule has 0 N–H and O–H groups in total. The van der Waals surface area contributed by atoms with Crippen LogP contribution in [0.5, 0.6) is 0 Å². The van der Waals surface area contributed by atoms with Crippen molar-refractivity contribution in [2.45, 2.75) is 60.2 Å². The number of hydrogen-bond acceptors (Lipinski definition) is 1. The molecule has 0 fully saturated rings. The molecule has 0 bridgehead atoms. The summed E-state index contributed by atoms with van der Waals surface area (Å²) in [5.41, 5.74) is 0. The van der Waals surface area contributed by atoms with Gasteiger partial charge in [0.15, 0.2) is 0 Å². The van der Waals surface area contributed by atoms with E-state index in [0.29, 0.717) is 0 Å². The van der Waals surface area contributed by atoms with Crippen LogP contribution in [0.2, 0.25) is 33.5 Å². The summed E-state index contributed by atoms with van der Waals surface area (Å²) in [6.07, 6.45) is 2.63. The van der Waals surface area contributed by atoms with Crippen LogP contribution in [0.3, 0.4) is 0 Å². The van der Waals surface area contributed by atoms with Gasteiger partial charge in [-0.2, -0.15) is 0 Å². The topological polar surface area (TPSA) is 9.23 Å². The molecule has 0 rings (SSSR count). The van der Waals surface area contributed by atoms with Gasteiger partial charge in [0.25, 0.3) is 0 Å². The Morgan fingerprint density at radius 3 is 1.46 bits per heavy atom. The summed E-state index contributed by atoms with van der Waals surface area (Å²) in [7, 11) is 0. The molecule has 0 aromatic heterocycles. The van der Waals surface area contributed by atoms with E-state index in [1.165, 1.54) is 23.3 Å². The van der Waals surface area contributed by atoms with Gasteiger partial charge in [-0.3, -0.25) is 0 Å². The van der Waals surface area contributed by atoms with Gasteiger partial charge in [0, 0.05) is 0 Å². The van der Waals surface area contributed by atoms with Crippen LogP contribution in [0.25, 0.3) is 0 Å². The molecule has 1 nitrogen and oxygen atoms in total. The van der Waals surface area contributed by atoms with E-state index in [0.717, 1.165) is 0 Å². The fraction of sp³-hybridized carbons (Fsp3) is 1.00. The van der Waals surface area contributed by atoms with Crippen LogP contribution >= 0.6 is 0 Å². The molecule has 0 unspecified atom stereocenters. The van der Waals surface area contributed by atoms with Crippen LogP contribution in [-0.2, 0) is 2.79 Å². The van der Waals surface area contributed by atoms with Crippen LogP contribution in [0, 0.1) is 0 Å². The molecule has 0 aromatic rings. The summed E-state index contributed by atoms with van der Waals surface area (Å²) >= 11 is -3.57. The van der Waals surface area contributed by atoms with Crippen LogP contribution in [0.4, 0.5) is 0 Å². The molecule has 0 saturated carbocycles. The van der Waals surface area contributed by atoms with Crippen molar-refractivity contribution in [1.82, 2.24) is 0 Å². The van der Waals surface area contributed by atoms with Gasteiger partial charge in [-0.25, -0.2) is 0 Å². The average Bonchev–Trinajstić information content (AvgIpc) is 1.82. The van der Waals surface area contributed by atoms with E-state index < -0.39 is 27.2 Å². The minimum absolute atomic E-state index is 1.31. The van der Waals surface area contributed by atoms with Crippen molar-refractivity contribution in [3.8, 4) is 0 Å². The molecule has 0 atom stereocenters. The molecule has 0 saturated heterocycles. The molecule has 0 heterocycles. The van der Waals surface area contributed by atoms with Gasteiger partial charge >= 0.3 is 90.2 Å². The van der Waals surface area contributed by atoms with E-state index in [-0.39, 0.29) is 0 Å². The van der Waals surface area contributed by atoms with Gasteiger partial charge < -0.3 is 0 Å². The summed E-state index contributed by atoms with van der Waals surface area (Å²) in [6, 6.07) is 0. The SMILES string of the molecule is CC[CH2][Ge]([CH3])([CH2]CC)[O][Ge]([CH3])([CH3])[CH3]. The molecule has 80 valence electrons. The Kier molecular flexibility index (Phi) is 6.28. The first-order chi connectivity index (χ1) is 5.83. The fourth-order valence-corrected chi connectivity index (χ4v) is 28.9. The van der Waals surface area contributed by atoms with Crippen LogP contribution in [0.1, 0.15) is 26.7 Å². The molecule has 0 aliphatic rings. The third kappa shape index (κ3) is 7.03. The molecule has 3 heteroatoms. The number of rotatable bonds is 6. The van der Waals surface area contributed by atoms with Gasteiger partial charge in [-0.1, -0.05) is 0 Å². The van der Waals surface area contributed by atoms with Crippen molar-refractivity contribution in [3.63, 3.8) is 0 Å². The summed E-state index contributed by atoms with van der Waals surface area (Å²) in [5.74, 6) is 9.59. The molecule has 13 heavy (non-hydrogen) atoms. The van der Waals surface area contributed by atoms with Crippen molar-refractivity contribution in [2.24, 2.45) is 0 Å². The molecule has 0 aliphatic heterocycles. The predicted octanol–water partition coefficient (Wildman–Crippen LogP) is 4.23. The zero-order chi connectivity index (χ0) is 10.5. The van der Waals surface area contributed by atoms with Crippen molar-refractivity contribution in [3.05, 3.63) is 0 Å². The average molecular weight is 308 g/mol. The third-order valence-corrected chi connectivity index (χ3v) is 23.0.